The average molecular weight is 602 g/mol. The molecule has 3 aromatic carbocycles. The highest BCUT2D eigenvalue weighted by molar-refractivity contribution is 6.00. The molecule has 6 nitrogen and oxygen atoms in total. The Kier molecular flexibility index (Phi) is 9.98. The first kappa shape index (κ1) is 31.8. The van der Waals surface area contributed by atoms with E-state index >= 15 is 4.39 Å². The number of carbonyl (C=O) groups excluding carboxylic acids is 2. The van der Waals surface area contributed by atoms with Crippen molar-refractivity contribution in [3.05, 3.63) is 88.7 Å². The van der Waals surface area contributed by atoms with Crippen LogP contribution in [0.2, 0.25) is 0 Å². The van der Waals surface area contributed by atoms with Gasteiger partial charge < -0.3 is 19.1 Å². The summed E-state index contributed by atoms with van der Waals surface area (Å²) in [5.74, 6) is -3.75. The Balaban J connectivity index is 1.78. The third kappa shape index (κ3) is 7.29. The van der Waals surface area contributed by atoms with E-state index in [1.165, 1.54) is 14.2 Å². The van der Waals surface area contributed by atoms with E-state index in [-0.39, 0.29) is 31.8 Å². The molecule has 1 saturated carbocycles. The van der Waals surface area contributed by atoms with Crippen LogP contribution in [0, 0.1) is 17.7 Å². The summed E-state index contributed by atoms with van der Waals surface area (Å²) < 4.78 is 75.0. The molecule has 230 valence electrons. The van der Waals surface area contributed by atoms with Crippen molar-refractivity contribution >= 4 is 17.4 Å². The first-order valence-electron chi connectivity index (χ1n) is 14.1. The van der Waals surface area contributed by atoms with Gasteiger partial charge in [0.25, 0.3) is 0 Å². The summed E-state index contributed by atoms with van der Waals surface area (Å²) >= 11 is 0. The number of hydrogen-bond donors (Lipinski definition) is 0. The molecule has 10 heteroatoms. The Morgan fingerprint density at radius 3 is 1.91 bits per heavy atom. The van der Waals surface area contributed by atoms with E-state index in [4.69, 9.17) is 14.2 Å². The topological polar surface area (TPSA) is 65.1 Å². The first-order chi connectivity index (χ1) is 20.5. The zero-order valence-electron chi connectivity index (χ0n) is 24.5. The highest BCUT2D eigenvalue weighted by Crippen LogP contribution is 2.47. The number of ketones is 1. The number of carbonyl (C=O) groups is 2. The number of nitrogens with zero attached hydrogens (tertiary/aromatic N) is 1. The fourth-order valence-electron chi connectivity index (χ4n) is 5.65. The smallest absolute Gasteiger partial charge is 0.416 e. The zero-order valence-corrected chi connectivity index (χ0v) is 24.5. The van der Waals surface area contributed by atoms with Crippen molar-refractivity contribution in [2.45, 2.75) is 51.9 Å². The van der Waals surface area contributed by atoms with Crippen molar-refractivity contribution in [3.8, 4) is 11.5 Å². The Labute approximate surface area is 248 Å². The number of esters is 1. The molecule has 0 heterocycles. The molecule has 0 spiro atoms. The van der Waals surface area contributed by atoms with E-state index in [1.807, 2.05) is 0 Å². The van der Waals surface area contributed by atoms with Crippen molar-refractivity contribution in [1.82, 2.24) is 0 Å². The molecule has 43 heavy (non-hydrogen) atoms. The number of rotatable bonds is 10. The van der Waals surface area contributed by atoms with E-state index in [1.54, 1.807) is 67.3 Å². The molecular weight excluding hydrogens is 566 g/mol. The fraction of sp³-hybridized carbons (Fsp3) is 0.394. The molecule has 1 aliphatic carbocycles. The second-order valence-corrected chi connectivity index (χ2v) is 10.7. The predicted octanol–water partition coefficient (Wildman–Crippen LogP) is 7.33. The number of anilines is 1. The van der Waals surface area contributed by atoms with Gasteiger partial charge in [-0.15, -0.1) is 0 Å². The molecular formula is C33H35F4NO5. The molecule has 0 aliphatic heterocycles. The zero-order chi connectivity index (χ0) is 31.3. The number of alkyl halides is 3. The summed E-state index contributed by atoms with van der Waals surface area (Å²) in [6.07, 6.45) is -5.28. The predicted molar refractivity (Wildman–Crippen MR) is 154 cm³/mol. The normalized spacial score (nSPS) is 18.7. The fourth-order valence-corrected chi connectivity index (χ4v) is 5.65. The van der Waals surface area contributed by atoms with Gasteiger partial charge >= 0.3 is 12.1 Å². The minimum absolute atomic E-state index is 0.0231. The van der Waals surface area contributed by atoms with Gasteiger partial charge in [0.1, 0.15) is 23.2 Å². The minimum atomic E-state index is -4.85. The summed E-state index contributed by atoms with van der Waals surface area (Å²) in [6, 6.07) is 16.3. The molecule has 3 atom stereocenters. The van der Waals surface area contributed by atoms with Crippen molar-refractivity contribution in [2.75, 3.05) is 25.7 Å². The highest BCUT2D eigenvalue weighted by Gasteiger charge is 2.45. The van der Waals surface area contributed by atoms with E-state index < -0.39 is 59.0 Å². The Morgan fingerprint density at radius 1 is 0.907 bits per heavy atom. The average Bonchev–Trinajstić information content (AvgIpc) is 2.98. The van der Waals surface area contributed by atoms with Crippen molar-refractivity contribution in [2.24, 2.45) is 11.8 Å². The minimum Gasteiger partial charge on any atom is -0.497 e. The van der Waals surface area contributed by atoms with Gasteiger partial charge in [-0.1, -0.05) is 31.2 Å². The van der Waals surface area contributed by atoms with Crippen LogP contribution in [0.3, 0.4) is 0 Å². The molecule has 3 aromatic rings. The Hall–Kier alpha value is -4.08. The summed E-state index contributed by atoms with van der Waals surface area (Å²) in [5.41, 5.74) is -0.131. The van der Waals surface area contributed by atoms with Crippen LogP contribution in [0.4, 0.5) is 23.2 Å². The molecule has 0 radical (unpaired) electrons. The largest absolute Gasteiger partial charge is 0.497 e. The maximum atomic E-state index is 16.6. The van der Waals surface area contributed by atoms with Crippen molar-refractivity contribution < 1.29 is 41.4 Å². The molecule has 1 fully saturated rings. The molecule has 0 amide bonds. The third-order valence-corrected chi connectivity index (χ3v) is 7.92. The second kappa shape index (κ2) is 13.5. The van der Waals surface area contributed by atoms with Gasteiger partial charge in [-0.05, 0) is 72.7 Å². The van der Waals surface area contributed by atoms with Crippen LogP contribution in [-0.2, 0) is 33.6 Å². The number of ether oxygens (including phenoxy) is 3. The van der Waals surface area contributed by atoms with Crippen LogP contribution in [0.25, 0.3) is 0 Å². The van der Waals surface area contributed by atoms with Gasteiger partial charge in [-0.3, -0.25) is 9.59 Å². The van der Waals surface area contributed by atoms with Gasteiger partial charge in [-0.25, -0.2) is 4.39 Å². The standard InChI is InChI=1S/C33H35F4NO5/c1-5-43-32(40)26-16-20(2)25(17-29(26)39)30-27(33(35,36)37)14-15-28(31(30)34)38(18-21-6-10-23(41-3)11-7-21)19-22-8-12-24(42-4)13-9-22/h6-15,20,25-26H,5,16-19H2,1-4H3. The number of hydrogen-bond acceptors (Lipinski definition) is 6. The van der Waals surface area contributed by atoms with Crippen LogP contribution >= 0.6 is 0 Å². The summed E-state index contributed by atoms with van der Waals surface area (Å²) in [4.78, 5) is 27.0. The van der Waals surface area contributed by atoms with Gasteiger partial charge in [-0.2, -0.15) is 13.2 Å². The molecule has 4 rings (SSSR count). The molecule has 0 N–H and O–H groups in total. The quantitative estimate of drug-likeness (QED) is 0.138. The Morgan fingerprint density at radius 2 is 1.44 bits per heavy atom. The van der Waals surface area contributed by atoms with Gasteiger partial charge in [0.15, 0.2) is 5.82 Å². The van der Waals surface area contributed by atoms with Gasteiger partial charge in [0, 0.05) is 25.1 Å². The molecule has 1 aliphatic rings. The Bertz CT molecular complexity index is 1370. The number of methoxy groups -OCH3 is 2. The molecule has 3 unspecified atom stereocenters. The lowest BCUT2D eigenvalue weighted by molar-refractivity contribution is -0.154. The summed E-state index contributed by atoms with van der Waals surface area (Å²) in [7, 11) is 3.08. The first-order valence-corrected chi connectivity index (χ1v) is 14.1. The van der Waals surface area contributed by atoms with Crippen LogP contribution in [0.15, 0.2) is 60.7 Å². The lowest BCUT2D eigenvalue weighted by Crippen LogP contribution is -2.36. The molecule has 0 saturated heterocycles. The van der Waals surface area contributed by atoms with Crippen molar-refractivity contribution in [3.63, 3.8) is 0 Å². The van der Waals surface area contributed by atoms with Gasteiger partial charge in [0.2, 0.25) is 0 Å². The van der Waals surface area contributed by atoms with E-state index in [9.17, 15) is 22.8 Å². The van der Waals surface area contributed by atoms with E-state index in [0.717, 1.165) is 23.3 Å². The third-order valence-electron chi connectivity index (χ3n) is 7.92. The van der Waals surface area contributed by atoms with Crippen LogP contribution in [0.1, 0.15) is 54.9 Å². The van der Waals surface area contributed by atoms with Crippen molar-refractivity contribution in [1.29, 1.82) is 0 Å². The van der Waals surface area contributed by atoms with E-state index in [0.29, 0.717) is 11.5 Å². The second-order valence-electron chi connectivity index (χ2n) is 10.7. The lowest BCUT2D eigenvalue weighted by atomic mass is 9.70. The molecule has 0 aromatic heterocycles. The number of Topliss-reactive ketones (excluding diaryl/α,β-unsaturated/α-hetero) is 1. The van der Waals surface area contributed by atoms with Crippen LogP contribution < -0.4 is 14.4 Å². The number of halogens is 4. The van der Waals surface area contributed by atoms with Gasteiger partial charge in [0.05, 0.1) is 32.1 Å². The summed E-state index contributed by atoms with van der Waals surface area (Å²) in [6.45, 7) is 3.69. The van der Waals surface area contributed by atoms with Crippen LogP contribution in [0.5, 0.6) is 11.5 Å². The summed E-state index contributed by atoms with van der Waals surface area (Å²) in [5, 5.41) is 0. The highest BCUT2D eigenvalue weighted by atomic mass is 19.4. The maximum absolute atomic E-state index is 16.6. The molecule has 0 bridgehead atoms. The monoisotopic (exact) mass is 601 g/mol. The number of benzene rings is 3. The van der Waals surface area contributed by atoms with Crippen LogP contribution in [-0.4, -0.2) is 32.6 Å². The maximum Gasteiger partial charge on any atom is 0.416 e. The van der Waals surface area contributed by atoms with E-state index in [2.05, 4.69) is 0 Å². The lowest BCUT2D eigenvalue weighted by Gasteiger charge is -2.35. The SMILES string of the molecule is CCOC(=O)C1CC(C)C(c2c(C(F)(F)F)ccc(N(Cc3ccc(OC)cc3)Cc3ccc(OC)cc3)c2F)CC1=O.